The molecule has 0 unspecified atom stereocenters. The monoisotopic (exact) mass is 658 g/mol. The summed E-state index contributed by atoms with van der Waals surface area (Å²) < 4.78 is 97.7. The lowest BCUT2D eigenvalue weighted by Crippen LogP contribution is -2.60. The van der Waals surface area contributed by atoms with Crippen LogP contribution in [0.4, 0.5) is 32.4 Å². The molecule has 1 aliphatic heterocycles. The van der Waals surface area contributed by atoms with E-state index < -0.39 is 54.8 Å². The fourth-order valence-electron chi connectivity index (χ4n) is 4.85. The van der Waals surface area contributed by atoms with Crippen LogP contribution < -0.4 is 9.64 Å². The van der Waals surface area contributed by atoms with Crippen LogP contribution in [0.5, 0.6) is 5.75 Å². The van der Waals surface area contributed by atoms with Crippen molar-refractivity contribution < 1.29 is 55.2 Å². The summed E-state index contributed by atoms with van der Waals surface area (Å²) in [6.45, 7) is 6.30. The molecule has 1 fully saturated rings. The quantitative estimate of drug-likeness (QED) is 0.217. The second-order valence-electron chi connectivity index (χ2n) is 10.2. The minimum absolute atomic E-state index is 0.274. The molecule has 252 valence electrons. The standard InChI is InChI=1S/C30H35F5N4O7/c1-6-16-43-24-23(41-4)18(3)44-27(25(24)42-5)45-28(40)38(7-2)20-10-8-19(9-11-20)26-36-17-39(37-26)21-12-14-22(15-13-21)46-30(34,35)29(31,32)33/h8-15,17-18,23-25,27H,6-7,16H2,1-5H3/t18-,23-,24+,25+,27-/m0/s1. The molecule has 1 aromatic heterocycles. The first-order valence-electron chi connectivity index (χ1n) is 14.4. The predicted octanol–water partition coefficient (Wildman–Crippen LogP) is 6.00. The number of halogens is 5. The molecule has 2 aromatic carbocycles. The highest BCUT2D eigenvalue weighted by Crippen LogP contribution is 2.37. The van der Waals surface area contributed by atoms with Crippen molar-refractivity contribution in [1.82, 2.24) is 14.8 Å². The van der Waals surface area contributed by atoms with Crippen LogP contribution in [0.25, 0.3) is 17.1 Å². The molecule has 11 nitrogen and oxygen atoms in total. The van der Waals surface area contributed by atoms with Gasteiger partial charge in [0.25, 0.3) is 0 Å². The highest BCUT2D eigenvalue weighted by Gasteiger charge is 2.61. The third kappa shape index (κ3) is 7.74. The third-order valence-electron chi connectivity index (χ3n) is 7.15. The molecule has 5 atom stereocenters. The Labute approximate surface area is 262 Å². The molecule has 16 heteroatoms. The molecular formula is C30H35F5N4O7. The van der Waals surface area contributed by atoms with Crippen molar-refractivity contribution in [3.8, 4) is 22.8 Å². The summed E-state index contributed by atoms with van der Waals surface area (Å²) in [6.07, 6.45) is -12.9. The highest BCUT2D eigenvalue weighted by molar-refractivity contribution is 5.88. The van der Waals surface area contributed by atoms with E-state index in [4.69, 9.17) is 23.7 Å². The van der Waals surface area contributed by atoms with Crippen molar-refractivity contribution in [1.29, 1.82) is 0 Å². The van der Waals surface area contributed by atoms with Gasteiger partial charge in [-0.3, -0.25) is 4.90 Å². The number of hydrogen-bond acceptors (Lipinski definition) is 9. The number of carbonyl (C=O) groups excluding carboxylic acids is 1. The predicted molar refractivity (Wildman–Crippen MR) is 154 cm³/mol. The van der Waals surface area contributed by atoms with Gasteiger partial charge in [0, 0.05) is 38.6 Å². The zero-order chi connectivity index (χ0) is 33.6. The number of ether oxygens (including phenoxy) is 6. The lowest BCUT2D eigenvalue weighted by atomic mass is 9.99. The van der Waals surface area contributed by atoms with E-state index in [1.165, 1.54) is 35.2 Å². The van der Waals surface area contributed by atoms with E-state index in [0.29, 0.717) is 29.4 Å². The number of aromatic nitrogens is 3. The summed E-state index contributed by atoms with van der Waals surface area (Å²) in [7, 11) is 3.03. The minimum Gasteiger partial charge on any atom is -0.426 e. The molecule has 0 saturated carbocycles. The zero-order valence-corrected chi connectivity index (χ0v) is 25.7. The van der Waals surface area contributed by atoms with Gasteiger partial charge in [0.15, 0.2) is 5.82 Å². The number of nitrogens with zero attached hydrogens (tertiary/aromatic N) is 4. The van der Waals surface area contributed by atoms with E-state index in [9.17, 15) is 26.7 Å². The molecule has 3 aromatic rings. The van der Waals surface area contributed by atoms with E-state index in [1.54, 1.807) is 45.2 Å². The molecule has 1 aliphatic rings. The molecule has 0 N–H and O–H groups in total. The topological polar surface area (TPSA) is 106 Å². The maximum atomic E-state index is 13.3. The molecule has 0 radical (unpaired) electrons. The van der Waals surface area contributed by atoms with Crippen LogP contribution in [-0.4, -0.2) is 91.2 Å². The Balaban J connectivity index is 1.44. The average molecular weight is 659 g/mol. The van der Waals surface area contributed by atoms with Crippen LogP contribution in [0.1, 0.15) is 27.2 Å². The maximum absolute atomic E-state index is 13.3. The average Bonchev–Trinajstić information content (AvgIpc) is 3.51. The summed E-state index contributed by atoms with van der Waals surface area (Å²) in [4.78, 5) is 19.0. The smallest absolute Gasteiger partial charge is 0.426 e. The van der Waals surface area contributed by atoms with Gasteiger partial charge in [0.05, 0.1) is 11.8 Å². The number of methoxy groups -OCH3 is 2. The highest BCUT2D eigenvalue weighted by atomic mass is 19.4. The van der Waals surface area contributed by atoms with Gasteiger partial charge in [0.2, 0.25) is 6.29 Å². The molecule has 46 heavy (non-hydrogen) atoms. The number of alkyl halides is 5. The number of carbonyl (C=O) groups is 1. The summed E-state index contributed by atoms with van der Waals surface area (Å²) in [5.74, 6) is -0.383. The van der Waals surface area contributed by atoms with Crippen LogP contribution in [0.15, 0.2) is 54.9 Å². The van der Waals surface area contributed by atoms with E-state index in [0.717, 1.165) is 18.6 Å². The Kier molecular flexibility index (Phi) is 11.2. The van der Waals surface area contributed by atoms with Gasteiger partial charge in [-0.2, -0.15) is 22.0 Å². The molecule has 2 heterocycles. The Morgan fingerprint density at radius 1 is 0.957 bits per heavy atom. The number of rotatable bonds is 12. The summed E-state index contributed by atoms with van der Waals surface area (Å²) in [5.41, 5.74) is 1.45. The fourth-order valence-corrected chi connectivity index (χ4v) is 4.85. The lowest BCUT2D eigenvalue weighted by molar-refractivity contribution is -0.360. The van der Waals surface area contributed by atoms with Crippen molar-refractivity contribution in [2.75, 3.05) is 32.3 Å². The number of hydrogen-bond donors (Lipinski definition) is 0. The van der Waals surface area contributed by atoms with Crippen LogP contribution in [-0.2, 0) is 23.7 Å². The van der Waals surface area contributed by atoms with E-state index in [1.807, 2.05) is 6.92 Å². The SMILES string of the molecule is CCCO[C@@H]1[C@@H](OC)[C@H](C)O[C@@H](OC(=O)N(CC)c2ccc(-c3ncn(-c4ccc(OC(F)(F)C(F)(F)F)cc4)n3)cc2)[C@@H]1OC. The maximum Gasteiger partial charge on any atom is 0.499 e. The van der Waals surface area contributed by atoms with Crippen molar-refractivity contribution in [3.63, 3.8) is 0 Å². The second kappa shape index (κ2) is 14.7. The van der Waals surface area contributed by atoms with Crippen LogP contribution >= 0.6 is 0 Å². The second-order valence-corrected chi connectivity index (χ2v) is 10.2. The van der Waals surface area contributed by atoms with Gasteiger partial charge in [-0.15, -0.1) is 5.10 Å². The van der Waals surface area contributed by atoms with Crippen LogP contribution in [0, 0.1) is 0 Å². The molecular weight excluding hydrogens is 623 g/mol. The Hall–Kier alpha value is -3.86. The first-order valence-corrected chi connectivity index (χ1v) is 14.4. The fraction of sp³-hybridized carbons (Fsp3) is 0.500. The van der Waals surface area contributed by atoms with E-state index in [-0.39, 0.29) is 6.54 Å². The summed E-state index contributed by atoms with van der Waals surface area (Å²) >= 11 is 0. The molecule has 1 amide bonds. The Bertz CT molecular complexity index is 1420. The van der Waals surface area contributed by atoms with Crippen molar-refractivity contribution in [3.05, 3.63) is 54.9 Å². The van der Waals surface area contributed by atoms with E-state index >= 15 is 0 Å². The van der Waals surface area contributed by atoms with Gasteiger partial charge in [-0.1, -0.05) is 6.92 Å². The van der Waals surface area contributed by atoms with Crippen LogP contribution in [0.3, 0.4) is 0 Å². The summed E-state index contributed by atoms with van der Waals surface area (Å²) in [6, 6.07) is 11.2. The van der Waals surface area contributed by atoms with Crippen molar-refractivity contribution in [2.45, 2.75) is 70.2 Å². The summed E-state index contributed by atoms with van der Waals surface area (Å²) in [5, 5.41) is 4.35. The molecule has 4 rings (SSSR count). The van der Waals surface area contributed by atoms with Gasteiger partial charge in [-0.25, -0.2) is 14.5 Å². The Morgan fingerprint density at radius 3 is 2.17 bits per heavy atom. The van der Waals surface area contributed by atoms with Gasteiger partial charge >= 0.3 is 18.4 Å². The van der Waals surface area contributed by atoms with Gasteiger partial charge in [-0.05, 0) is 68.8 Å². The van der Waals surface area contributed by atoms with E-state index in [2.05, 4.69) is 14.8 Å². The first kappa shape index (κ1) is 35.0. The molecule has 0 bridgehead atoms. The van der Waals surface area contributed by atoms with Crippen molar-refractivity contribution in [2.24, 2.45) is 0 Å². The Morgan fingerprint density at radius 2 is 1.61 bits per heavy atom. The molecule has 1 saturated heterocycles. The van der Waals surface area contributed by atoms with Crippen LogP contribution in [0.2, 0.25) is 0 Å². The molecule has 0 aliphatic carbocycles. The normalized spacial score (nSPS) is 22.0. The zero-order valence-electron chi connectivity index (χ0n) is 25.7. The largest absolute Gasteiger partial charge is 0.499 e. The third-order valence-corrected chi connectivity index (χ3v) is 7.15. The van der Waals surface area contributed by atoms with Gasteiger partial charge < -0.3 is 28.4 Å². The first-order chi connectivity index (χ1) is 21.8. The number of anilines is 1. The lowest BCUT2D eigenvalue weighted by Gasteiger charge is -2.44. The minimum atomic E-state index is -5.85. The van der Waals surface area contributed by atoms with Crippen molar-refractivity contribution >= 4 is 11.8 Å². The molecule has 0 spiro atoms. The number of benzene rings is 2. The number of amides is 1. The van der Waals surface area contributed by atoms with Gasteiger partial charge in [0.1, 0.15) is 30.4 Å².